The van der Waals surface area contributed by atoms with E-state index in [2.05, 4.69) is 26.0 Å². The van der Waals surface area contributed by atoms with E-state index in [0.717, 1.165) is 44.9 Å². The largest absolute Gasteiger partial charge is 0.472 e. The van der Waals surface area contributed by atoms with Gasteiger partial charge < -0.3 is 24.6 Å². The zero-order valence-electron chi connectivity index (χ0n) is 38.0. The Morgan fingerprint density at radius 2 is 0.879 bits per heavy atom. The first kappa shape index (κ1) is 57.2. The zero-order valence-corrected chi connectivity index (χ0v) is 38.9. The maximum Gasteiger partial charge on any atom is 0.472 e. The molecule has 0 spiro atoms. The number of allylic oxidation sites excluding steroid dienone is 2. The van der Waals surface area contributed by atoms with Crippen molar-refractivity contribution >= 4 is 13.8 Å². The van der Waals surface area contributed by atoms with Gasteiger partial charge in [-0.3, -0.25) is 13.8 Å². The number of phosphoric acid groups is 1. The first-order valence-corrected chi connectivity index (χ1v) is 26.2. The van der Waals surface area contributed by atoms with Gasteiger partial charge in [0, 0.05) is 13.0 Å². The fourth-order valence-corrected chi connectivity index (χ4v) is 7.97. The van der Waals surface area contributed by atoms with Gasteiger partial charge in [0.15, 0.2) is 0 Å². The Labute approximate surface area is 358 Å². The molecule has 0 aliphatic heterocycles. The summed E-state index contributed by atoms with van der Waals surface area (Å²) in [5.74, 6) is -0.378. The Kier molecular flexibility index (Phi) is 45.1. The normalized spacial score (nSPS) is 13.9. The van der Waals surface area contributed by atoms with Crippen LogP contribution in [0.25, 0.3) is 0 Å². The second kappa shape index (κ2) is 45.7. The van der Waals surface area contributed by atoms with E-state index in [-0.39, 0.29) is 25.6 Å². The minimum atomic E-state index is -4.52. The lowest BCUT2D eigenvalue weighted by Crippen LogP contribution is -2.29. The van der Waals surface area contributed by atoms with Crippen molar-refractivity contribution in [3.05, 3.63) is 12.2 Å². The predicted octanol–water partition coefficient (Wildman–Crippen LogP) is 14.0. The summed E-state index contributed by atoms with van der Waals surface area (Å²) in [5, 5.41) is 18.4. The first-order valence-electron chi connectivity index (χ1n) is 24.7. The van der Waals surface area contributed by atoms with Crippen LogP contribution in [0.5, 0.6) is 0 Å². The third-order valence-electron chi connectivity index (χ3n) is 11.0. The molecule has 3 unspecified atom stereocenters. The van der Waals surface area contributed by atoms with E-state index in [1.54, 1.807) is 0 Å². The third-order valence-corrected chi connectivity index (χ3v) is 11.9. The van der Waals surface area contributed by atoms with Crippen LogP contribution in [-0.2, 0) is 27.9 Å². The van der Waals surface area contributed by atoms with E-state index < -0.39 is 33.2 Å². The van der Waals surface area contributed by atoms with Crippen molar-refractivity contribution < 1.29 is 43.0 Å². The van der Waals surface area contributed by atoms with Crippen LogP contribution in [0.15, 0.2) is 12.2 Å². The van der Waals surface area contributed by atoms with Gasteiger partial charge in [-0.25, -0.2) is 4.57 Å². The Morgan fingerprint density at radius 1 is 0.517 bits per heavy atom. The second-order valence-electron chi connectivity index (χ2n) is 16.8. The molecule has 0 amide bonds. The van der Waals surface area contributed by atoms with Crippen molar-refractivity contribution in [2.75, 3.05) is 33.0 Å². The summed E-state index contributed by atoms with van der Waals surface area (Å²) in [7, 11) is -4.52. The number of aliphatic hydroxyl groups is 2. The van der Waals surface area contributed by atoms with E-state index >= 15 is 0 Å². The average molecular weight is 847 g/mol. The summed E-state index contributed by atoms with van der Waals surface area (Å²) < 4.78 is 33.5. The fourth-order valence-electron chi connectivity index (χ4n) is 7.18. The molecular weight excluding hydrogens is 751 g/mol. The number of carbonyl (C=O) groups is 1. The zero-order chi connectivity index (χ0) is 42.5. The maximum atomic E-state index is 12.7. The van der Waals surface area contributed by atoms with Crippen LogP contribution in [0.3, 0.4) is 0 Å². The van der Waals surface area contributed by atoms with Crippen molar-refractivity contribution in [1.82, 2.24) is 0 Å². The van der Waals surface area contributed by atoms with Gasteiger partial charge >= 0.3 is 13.8 Å². The SMILES string of the molecule is CCCCCCCC/C=C\CCCCCCCCOCC(COP(=O)(O)OCC(O)CO)OC(=O)CCCCCCCCCCCCCCCCCCCCCCC. The Hall–Kier alpha value is -0.800. The monoisotopic (exact) mass is 847 g/mol. The molecule has 9 nitrogen and oxygen atoms in total. The Morgan fingerprint density at radius 3 is 1.29 bits per heavy atom. The quantitative estimate of drug-likeness (QED) is 0.0237. The van der Waals surface area contributed by atoms with Crippen molar-refractivity contribution in [2.45, 2.75) is 257 Å². The summed E-state index contributed by atoms with van der Waals surface area (Å²) in [5.41, 5.74) is 0. The molecule has 0 heterocycles. The number of rotatable bonds is 48. The smallest absolute Gasteiger partial charge is 0.457 e. The number of ether oxygens (including phenoxy) is 2. The Balaban J connectivity index is 4.05. The number of unbranched alkanes of at least 4 members (excludes halogenated alkanes) is 32. The predicted molar refractivity (Wildman–Crippen MR) is 242 cm³/mol. The number of aliphatic hydroxyl groups excluding tert-OH is 2. The summed E-state index contributed by atoms with van der Waals surface area (Å²) in [6.07, 6.45) is 47.5. The lowest BCUT2D eigenvalue weighted by molar-refractivity contribution is -0.154. The van der Waals surface area contributed by atoms with Gasteiger partial charge in [-0.05, 0) is 38.5 Å². The van der Waals surface area contributed by atoms with Crippen LogP contribution in [0, 0.1) is 0 Å². The first-order chi connectivity index (χ1) is 28.3. The summed E-state index contributed by atoms with van der Waals surface area (Å²) in [4.78, 5) is 22.7. The van der Waals surface area contributed by atoms with Gasteiger partial charge in [0.05, 0.1) is 26.4 Å². The van der Waals surface area contributed by atoms with Crippen LogP contribution in [0.1, 0.15) is 245 Å². The molecule has 10 heteroatoms. The molecule has 0 rings (SSSR count). The minimum Gasteiger partial charge on any atom is -0.457 e. The van der Waals surface area contributed by atoms with Gasteiger partial charge in [0.2, 0.25) is 0 Å². The maximum absolute atomic E-state index is 12.7. The highest BCUT2D eigenvalue weighted by atomic mass is 31.2. The van der Waals surface area contributed by atoms with Crippen LogP contribution >= 0.6 is 7.82 Å². The van der Waals surface area contributed by atoms with E-state index in [0.29, 0.717) is 6.61 Å². The molecule has 346 valence electrons. The molecule has 0 aromatic rings. The number of hydrogen-bond acceptors (Lipinski definition) is 8. The van der Waals surface area contributed by atoms with Gasteiger partial charge in [-0.2, -0.15) is 0 Å². The molecule has 3 N–H and O–H groups in total. The summed E-state index contributed by atoms with van der Waals surface area (Å²) >= 11 is 0. The molecule has 3 atom stereocenters. The molecule has 0 aromatic carbocycles. The minimum absolute atomic E-state index is 0.0510. The molecule has 0 aliphatic carbocycles. The van der Waals surface area contributed by atoms with Crippen molar-refractivity contribution in [2.24, 2.45) is 0 Å². The highest BCUT2D eigenvalue weighted by Gasteiger charge is 2.26. The fraction of sp³-hybridized carbons (Fsp3) is 0.938. The van der Waals surface area contributed by atoms with Gasteiger partial charge in [-0.1, -0.05) is 212 Å². The molecule has 0 aromatic heterocycles. The number of carbonyl (C=O) groups excluding carboxylic acids is 1. The molecule has 0 radical (unpaired) electrons. The van der Waals surface area contributed by atoms with E-state index in [1.165, 1.54) is 180 Å². The molecule has 0 saturated carbocycles. The van der Waals surface area contributed by atoms with Crippen molar-refractivity contribution in [3.8, 4) is 0 Å². The number of hydrogen-bond donors (Lipinski definition) is 3. The van der Waals surface area contributed by atoms with Crippen LogP contribution in [0.4, 0.5) is 0 Å². The molecular formula is C48H95O9P. The van der Waals surface area contributed by atoms with Crippen molar-refractivity contribution in [1.29, 1.82) is 0 Å². The van der Waals surface area contributed by atoms with Crippen molar-refractivity contribution in [3.63, 3.8) is 0 Å². The van der Waals surface area contributed by atoms with E-state index in [4.69, 9.17) is 23.6 Å². The number of phosphoric ester groups is 1. The topological polar surface area (TPSA) is 132 Å². The van der Waals surface area contributed by atoms with Crippen LogP contribution in [0.2, 0.25) is 0 Å². The number of esters is 1. The standard InChI is InChI=1S/C48H95O9P/c1-3-5-7-9-11-13-15-17-19-21-22-23-24-25-26-28-30-32-34-36-38-40-48(51)57-47(45-56-58(52,53)55-43-46(50)42-49)44-54-41-39-37-35-33-31-29-27-20-18-16-14-12-10-8-6-4-2/h18,20,46-47,49-50H,3-17,19,21-45H2,1-2H3,(H,52,53)/b20-18-. The third kappa shape index (κ3) is 44.7. The highest BCUT2D eigenvalue weighted by Crippen LogP contribution is 2.43. The Bertz CT molecular complexity index is 918. The highest BCUT2D eigenvalue weighted by molar-refractivity contribution is 7.47. The van der Waals surface area contributed by atoms with Gasteiger partial charge in [0.1, 0.15) is 12.2 Å². The van der Waals surface area contributed by atoms with Crippen LogP contribution < -0.4 is 0 Å². The van der Waals surface area contributed by atoms with Gasteiger partial charge in [-0.15, -0.1) is 0 Å². The molecule has 58 heavy (non-hydrogen) atoms. The van der Waals surface area contributed by atoms with Crippen LogP contribution in [-0.4, -0.2) is 66.3 Å². The lowest BCUT2D eigenvalue weighted by atomic mass is 10.0. The molecule has 0 bridgehead atoms. The molecule has 0 saturated heterocycles. The average Bonchev–Trinajstić information content (AvgIpc) is 3.21. The molecule has 0 aliphatic rings. The van der Waals surface area contributed by atoms with E-state index in [1.807, 2.05) is 0 Å². The summed E-state index contributed by atoms with van der Waals surface area (Å²) in [6.45, 7) is 3.56. The van der Waals surface area contributed by atoms with E-state index in [9.17, 15) is 19.4 Å². The molecule has 0 fully saturated rings. The lowest BCUT2D eigenvalue weighted by Gasteiger charge is -2.20. The summed E-state index contributed by atoms with van der Waals surface area (Å²) in [6, 6.07) is 0. The van der Waals surface area contributed by atoms with Gasteiger partial charge in [0.25, 0.3) is 0 Å². The second-order valence-corrected chi connectivity index (χ2v) is 18.3.